The van der Waals surface area contributed by atoms with Crippen molar-refractivity contribution in [3.63, 3.8) is 0 Å². The Hall–Kier alpha value is -0.120. The van der Waals surface area contributed by atoms with Gasteiger partial charge in [0.25, 0.3) is 0 Å². The van der Waals surface area contributed by atoms with Crippen molar-refractivity contribution in [2.75, 3.05) is 26.3 Å². The summed E-state index contributed by atoms with van der Waals surface area (Å²) < 4.78 is 5.33. The van der Waals surface area contributed by atoms with Gasteiger partial charge >= 0.3 is 0 Å². The fourth-order valence-corrected chi connectivity index (χ4v) is 2.60. The third kappa shape index (κ3) is 2.47. The molecule has 2 aliphatic rings. The number of rotatable bonds is 1. The standard InChI is InChI=1S/C11H21NO2/c13-11-5-3-1-2-4-10(11)12-6-8-14-9-7-12/h10-11,13H,1-9H2/t10-,11+/m1/s1. The van der Waals surface area contributed by atoms with Gasteiger partial charge in [-0.3, -0.25) is 4.90 Å². The summed E-state index contributed by atoms with van der Waals surface area (Å²) in [5, 5.41) is 10.0. The van der Waals surface area contributed by atoms with Gasteiger partial charge in [0.15, 0.2) is 0 Å². The van der Waals surface area contributed by atoms with Crippen molar-refractivity contribution >= 4 is 0 Å². The van der Waals surface area contributed by atoms with Crippen molar-refractivity contribution in [3.05, 3.63) is 0 Å². The molecule has 0 unspecified atom stereocenters. The van der Waals surface area contributed by atoms with Crippen LogP contribution < -0.4 is 0 Å². The molecule has 3 nitrogen and oxygen atoms in total. The van der Waals surface area contributed by atoms with E-state index in [0.717, 1.165) is 32.7 Å². The SMILES string of the molecule is O[C@H]1CCCCC[C@H]1N1CCOCC1. The summed E-state index contributed by atoms with van der Waals surface area (Å²) in [4.78, 5) is 2.42. The summed E-state index contributed by atoms with van der Waals surface area (Å²) >= 11 is 0. The first-order valence-electron chi connectivity index (χ1n) is 5.88. The highest BCUT2D eigenvalue weighted by Crippen LogP contribution is 2.22. The predicted octanol–water partition coefficient (Wildman–Crippen LogP) is 1.01. The molecule has 1 saturated heterocycles. The van der Waals surface area contributed by atoms with Gasteiger partial charge < -0.3 is 9.84 Å². The number of hydrogen-bond acceptors (Lipinski definition) is 3. The zero-order valence-electron chi connectivity index (χ0n) is 8.82. The van der Waals surface area contributed by atoms with Crippen LogP contribution in [-0.2, 0) is 4.74 Å². The van der Waals surface area contributed by atoms with Gasteiger partial charge in [-0.05, 0) is 12.8 Å². The largest absolute Gasteiger partial charge is 0.391 e. The first-order chi connectivity index (χ1) is 6.88. The highest BCUT2D eigenvalue weighted by molar-refractivity contribution is 4.82. The van der Waals surface area contributed by atoms with E-state index in [1.54, 1.807) is 0 Å². The fraction of sp³-hybridized carbons (Fsp3) is 1.00. The van der Waals surface area contributed by atoms with Crippen LogP contribution in [0.5, 0.6) is 0 Å². The third-order valence-electron chi connectivity index (χ3n) is 3.46. The van der Waals surface area contributed by atoms with E-state index in [9.17, 15) is 5.11 Å². The van der Waals surface area contributed by atoms with E-state index in [-0.39, 0.29) is 6.10 Å². The zero-order valence-corrected chi connectivity index (χ0v) is 8.82. The normalized spacial score (nSPS) is 36.6. The van der Waals surface area contributed by atoms with Crippen LogP contribution in [0.4, 0.5) is 0 Å². The lowest BCUT2D eigenvalue weighted by molar-refractivity contribution is -0.0236. The number of hydrogen-bond donors (Lipinski definition) is 1. The Bertz CT molecular complexity index is 169. The minimum absolute atomic E-state index is 0.101. The summed E-state index contributed by atoms with van der Waals surface area (Å²) in [6.45, 7) is 3.68. The lowest BCUT2D eigenvalue weighted by Crippen LogP contribution is -2.48. The molecule has 1 aliphatic heterocycles. The number of aliphatic hydroxyl groups excluding tert-OH is 1. The van der Waals surface area contributed by atoms with Crippen LogP contribution in [0.1, 0.15) is 32.1 Å². The van der Waals surface area contributed by atoms with E-state index >= 15 is 0 Å². The minimum atomic E-state index is -0.101. The van der Waals surface area contributed by atoms with E-state index < -0.39 is 0 Å². The molecule has 14 heavy (non-hydrogen) atoms. The summed E-state index contributed by atoms with van der Waals surface area (Å²) in [6.07, 6.45) is 5.82. The molecule has 3 heteroatoms. The second kappa shape index (κ2) is 5.10. The third-order valence-corrected chi connectivity index (χ3v) is 3.46. The Morgan fingerprint density at radius 2 is 1.71 bits per heavy atom. The summed E-state index contributed by atoms with van der Waals surface area (Å²) in [7, 11) is 0. The minimum Gasteiger partial charge on any atom is -0.391 e. The molecule has 0 spiro atoms. The lowest BCUT2D eigenvalue weighted by Gasteiger charge is -2.36. The van der Waals surface area contributed by atoms with Gasteiger partial charge in [-0.15, -0.1) is 0 Å². The Morgan fingerprint density at radius 1 is 1.00 bits per heavy atom. The molecule has 1 saturated carbocycles. The molecule has 1 heterocycles. The molecule has 1 aliphatic carbocycles. The Morgan fingerprint density at radius 3 is 2.50 bits per heavy atom. The molecule has 0 aromatic heterocycles. The fourth-order valence-electron chi connectivity index (χ4n) is 2.60. The average molecular weight is 199 g/mol. The number of morpholine rings is 1. The maximum atomic E-state index is 10.0. The van der Waals surface area contributed by atoms with Gasteiger partial charge in [-0.25, -0.2) is 0 Å². The maximum Gasteiger partial charge on any atom is 0.0695 e. The molecule has 0 aromatic rings. The van der Waals surface area contributed by atoms with E-state index in [1.807, 2.05) is 0 Å². The highest BCUT2D eigenvalue weighted by Gasteiger charge is 2.28. The molecule has 2 atom stereocenters. The van der Waals surface area contributed by atoms with E-state index in [0.29, 0.717) is 6.04 Å². The molecule has 0 bridgehead atoms. The Kier molecular flexibility index (Phi) is 3.79. The summed E-state index contributed by atoms with van der Waals surface area (Å²) in [6, 6.07) is 0.404. The van der Waals surface area contributed by atoms with Crippen LogP contribution >= 0.6 is 0 Å². The number of aliphatic hydroxyl groups is 1. The topological polar surface area (TPSA) is 32.7 Å². The van der Waals surface area contributed by atoms with E-state index in [4.69, 9.17) is 4.74 Å². The van der Waals surface area contributed by atoms with Crippen LogP contribution in [0.2, 0.25) is 0 Å². The molecule has 0 amide bonds. The van der Waals surface area contributed by atoms with Crippen molar-refractivity contribution < 1.29 is 9.84 Å². The van der Waals surface area contributed by atoms with Crippen molar-refractivity contribution in [3.8, 4) is 0 Å². The van der Waals surface area contributed by atoms with Gasteiger partial charge in [-0.2, -0.15) is 0 Å². The first kappa shape index (κ1) is 10.4. The van der Waals surface area contributed by atoms with Crippen molar-refractivity contribution in [1.29, 1.82) is 0 Å². The summed E-state index contributed by atoms with van der Waals surface area (Å²) in [5.41, 5.74) is 0. The van der Waals surface area contributed by atoms with Gasteiger partial charge in [0.05, 0.1) is 19.3 Å². The molecule has 2 fully saturated rings. The first-order valence-corrected chi connectivity index (χ1v) is 5.88. The molecule has 2 rings (SSSR count). The van der Waals surface area contributed by atoms with Crippen LogP contribution in [0, 0.1) is 0 Å². The van der Waals surface area contributed by atoms with E-state index in [2.05, 4.69) is 4.90 Å². The quantitative estimate of drug-likeness (QED) is 0.640. The monoisotopic (exact) mass is 199 g/mol. The molecule has 82 valence electrons. The number of nitrogens with zero attached hydrogens (tertiary/aromatic N) is 1. The molecule has 0 radical (unpaired) electrons. The van der Waals surface area contributed by atoms with Crippen LogP contribution in [-0.4, -0.2) is 48.5 Å². The molecule has 1 N–H and O–H groups in total. The zero-order chi connectivity index (χ0) is 9.80. The Labute approximate surface area is 86.0 Å². The van der Waals surface area contributed by atoms with Crippen molar-refractivity contribution in [2.24, 2.45) is 0 Å². The van der Waals surface area contributed by atoms with Gasteiger partial charge in [0.1, 0.15) is 0 Å². The number of ether oxygens (including phenoxy) is 1. The smallest absolute Gasteiger partial charge is 0.0695 e. The lowest BCUT2D eigenvalue weighted by atomic mass is 10.0. The Balaban J connectivity index is 1.91. The van der Waals surface area contributed by atoms with Crippen LogP contribution in [0.3, 0.4) is 0 Å². The van der Waals surface area contributed by atoms with Crippen LogP contribution in [0.15, 0.2) is 0 Å². The van der Waals surface area contributed by atoms with Crippen LogP contribution in [0.25, 0.3) is 0 Å². The molecular formula is C11H21NO2. The highest BCUT2D eigenvalue weighted by atomic mass is 16.5. The van der Waals surface area contributed by atoms with Gasteiger partial charge in [-0.1, -0.05) is 19.3 Å². The van der Waals surface area contributed by atoms with Gasteiger partial charge in [0, 0.05) is 19.1 Å². The summed E-state index contributed by atoms with van der Waals surface area (Å²) in [5.74, 6) is 0. The molecular weight excluding hydrogens is 178 g/mol. The van der Waals surface area contributed by atoms with Gasteiger partial charge in [0.2, 0.25) is 0 Å². The van der Waals surface area contributed by atoms with Crippen molar-refractivity contribution in [2.45, 2.75) is 44.2 Å². The molecule has 0 aromatic carbocycles. The second-order valence-corrected chi connectivity index (χ2v) is 4.42. The van der Waals surface area contributed by atoms with Crippen molar-refractivity contribution in [1.82, 2.24) is 4.90 Å². The second-order valence-electron chi connectivity index (χ2n) is 4.42. The predicted molar refractivity (Wildman–Crippen MR) is 55.3 cm³/mol. The average Bonchev–Trinajstić information content (AvgIpc) is 2.44. The maximum absolute atomic E-state index is 10.0. The van der Waals surface area contributed by atoms with E-state index in [1.165, 1.54) is 25.7 Å².